The highest BCUT2D eigenvalue weighted by atomic mass is 32.2. The summed E-state index contributed by atoms with van der Waals surface area (Å²) in [4.78, 5) is 17.4. The maximum absolute atomic E-state index is 12.5. The van der Waals surface area contributed by atoms with Crippen LogP contribution in [0.25, 0.3) is 6.08 Å². The Morgan fingerprint density at radius 3 is 2.81 bits per heavy atom. The van der Waals surface area contributed by atoms with Crippen molar-refractivity contribution in [1.29, 1.82) is 0 Å². The lowest BCUT2D eigenvalue weighted by molar-refractivity contribution is -0.122. The van der Waals surface area contributed by atoms with Gasteiger partial charge in [0.2, 0.25) is 0 Å². The van der Waals surface area contributed by atoms with E-state index >= 15 is 0 Å². The zero-order chi connectivity index (χ0) is 14.8. The van der Waals surface area contributed by atoms with Crippen LogP contribution in [-0.2, 0) is 4.79 Å². The van der Waals surface area contributed by atoms with Crippen LogP contribution in [0, 0.1) is 12.8 Å². The zero-order valence-corrected chi connectivity index (χ0v) is 14.6. The molecule has 2 heterocycles. The first-order valence-electron chi connectivity index (χ1n) is 7.45. The topological polar surface area (TPSA) is 20.3 Å². The van der Waals surface area contributed by atoms with Crippen LogP contribution in [0.5, 0.6) is 0 Å². The Labute approximate surface area is 139 Å². The van der Waals surface area contributed by atoms with E-state index in [1.807, 2.05) is 6.08 Å². The van der Waals surface area contributed by atoms with E-state index in [0.717, 1.165) is 33.0 Å². The summed E-state index contributed by atoms with van der Waals surface area (Å²) in [6, 6.07) is 4.14. The van der Waals surface area contributed by atoms with Gasteiger partial charge in [0.15, 0.2) is 0 Å². The van der Waals surface area contributed by atoms with Crippen LogP contribution in [0.2, 0.25) is 0 Å². The molecule has 0 unspecified atom stereocenters. The Morgan fingerprint density at radius 1 is 1.38 bits per heavy atom. The molecule has 21 heavy (non-hydrogen) atoms. The van der Waals surface area contributed by atoms with Crippen molar-refractivity contribution in [2.45, 2.75) is 39.0 Å². The summed E-state index contributed by atoms with van der Waals surface area (Å²) in [6.45, 7) is 2.87. The van der Waals surface area contributed by atoms with Crippen molar-refractivity contribution >= 4 is 51.6 Å². The monoisotopic (exact) mass is 337 g/mol. The average Bonchev–Trinajstić information content (AvgIpc) is 3.14. The van der Waals surface area contributed by atoms with Gasteiger partial charge in [0.1, 0.15) is 4.32 Å². The second-order valence-electron chi connectivity index (χ2n) is 5.72. The second kappa shape index (κ2) is 6.63. The van der Waals surface area contributed by atoms with Crippen molar-refractivity contribution in [2.75, 3.05) is 6.54 Å². The first-order valence-corrected chi connectivity index (χ1v) is 9.49. The molecule has 5 heteroatoms. The Kier molecular flexibility index (Phi) is 4.82. The van der Waals surface area contributed by atoms with Gasteiger partial charge in [-0.15, -0.1) is 11.3 Å². The lowest BCUT2D eigenvalue weighted by Gasteiger charge is -2.17. The molecule has 1 saturated carbocycles. The molecular weight excluding hydrogens is 318 g/mol. The number of hydrogen-bond donors (Lipinski definition) is 0. The molecule has 2 aliphatic rings. The van der Waals surface area contributed by atoms with E-state index in [4.69, 9.17) is 12.2 Å². The Bertz CT molecular complexity index is 584. The number of rotatable bonds is 4. The van der Waals surface area contributed by atoms with E-state index < -0.39 is 0 Å². The van der Waals surface area contributed by atoms with Gasteiger partial charge in [-0.3, -0.25) is 9.69 Å². The fraction of sp³-hybridized carbons (Fsp3) is 0.500. The maximum Gasteiger partial charge on any atom is 0.266 e. The minimum Gasteiger partial charge on any atom is -0.293 e. The van der Waals surface area contributed by atoms with Gasteiger partial charge < -0.3 is 0 Å². The molecule has 2 fully saturated rings. The number of carbonyl (C=O) groups is 1. The predicted octanol–water partition coefficient (Wildman–Crippen LogP) is 4.84. The van der Waals surface area contributed by atoms with Crippen LogP contribution in [0.1, 0.15) is 41.9 Å². The number of hydrogen-bond acceptors (Lipinski definition) is 4. The molecule has 2 nitrogen and oxygen atoms in total. The number of thiophene rings is 1. The highest BCUT2D eigenvalue weighted by Gasteiger charge is 2.32. The van der Waals surface area contributed by atoms with Gasteiger partial charge in [0, 0.05) is 16.3 Å². The molecule has 3 rings (SSSR count). The summed E-state index contributed by atoms with van der Waals surface area (Å²) < 4.78 is 0.720. The summed E-state index contributed by atoms with van der Waals surface area (Å²) in [5, 5.41) is 0. The van der Waals surface area contributed by atoms with Crippen LogP contribution < -0.4 is 0 Å². The van der Waals surface area contributed by atoms with Gasteiger partial charge in [-0.1, -0.05) is 49.7 Å². The van der Waals surface area contributed by atoms with Crippen molar-refractivity contribution in [2.24, 2.45) is 5.92 Å². The smallest absolute Gasteiger partial charge is 0.266 e. The molecule has 1 saturated heterocycles. The first-order chi connectivity index (χ1) is 10.1. The molecule has 1 aliphatic carbocycles. The highest BCUT2D eigenvalue weighted by Crippen LogP contribution is 2.35. The standard InChI is InChI=1S/C16H19NOS3/c1-11-6-7-13(20-11)10-14-15(18)17(16(19)21-14)9-8-12-4-2-3-5-12/h6-7,10,12H,2-5,8-9H2,1H3. The van der Waals surface area contributed by atoms with Crippen molar-refractivity contribution in [3.8, 4) is 0 Å². The average molecular weight is 338 g/mol. The number of nitrogens with zero attached hydrogens (tertiary/aromatic N) is 1. The van der Waals surface area contributed by atoms with Gasteiger partial charge in [0.25, 0.3) is 5.91 Å². The SMILES string of the molecule is Cc1ccc(C=C2SC(=S)N(CCC3CCCC3)C2=O)s1. The lowest BCUT2D eigenvalue weighted by Crippen LogP contribution is -2.30. The molecule has 0 spiro atoms. The van der Waals surface area contributed by atoms with E-state index in [9.17, 15) is 4.79 Å². The second-order valence-corrected chi connectivity index (χ2v) is 8.72. The quantitative estimate of drug-likeness (QED) is 0.579. The van der Waals surface area contributed by atoms with E-state index in [2.05, 4.69) is 19.1 Å². The summed E-state index contributed by atoms with van der Waals surface area (Å²) in [7, 11) is 0. The molecular formula is C16H19NOS3. The van der Waals surface area contributed by atoms with Crippen LogP contribution in [0.4, 0.5) is 0 Å². The van der Waals surface area contributed by atoms with Crippen molar-refractivity contribution in [1.82, 2.24) is 4.90 Å². The third kappa shape index (κ3) is 3.58. The lowest BCUT2D eigenvalue weighted by atomic mass is 10.0. The summed E-state index contributed by atoms with van der Waals surface area (Å²) >= 11 is 8.54. The Morgan fingerprint density at radius 2 is 2.14 bits per heavy atom. The molecule has 0 radical (unpaired) electrons. The molecule has 1 aromatic heterocycles. The summed E-state index contributed by atoms with van der Waals surface area (Å²) in [5.41, 5.74) is 0. The molecule has 0 aromatic carbocycles. The summed E-state index contributed by atoms with van der Waals surface area (Å²) in [6.07, 6.45) is 8.41. The first kappa shape index (κ1) is 15.3. The minimum atomic E-state index is 0.0917. The van der Waals surface area contributed by atoms with E-state index in [1.54, 1.807) is 16.2 Å². The van der Waals surface area contributed by atoms with Crippen molar-refractivity contribution in [3.05, 3.63) is 26.8 Å². The zero-order valence-electron chi connectivity index (χ0n) is 12.1. The van der Waals surface area contributed by atoms with Crippen LogP contribution in [0.3, 0.4) is 0 Å². The molecule has 112 valence electrons. The molecule has 1 aliphatic heterocycles. The van der Waals surface area contributed by atoms with Gasteiger partial charge in [-0.25, -0.2) is 0 Å². The van der Waals surface area contributed by atoms with Crippen LogP contribution in [-0.4, -0.2) is 21.7 Å². The Balaban J connectivity index is 1.65. The Hall–Kier alpha value is -0.650. The third-order valence-electron chi connectivity index (χ3n) is 4.14. The van der Waals surface area contributed by atoms with Crippen molar-refractivity contribution < 1.29 is 4.79 Å². The molecule has 0 N–H and O–H groups in total. The fourth-order valence-electron chi connectivity index (χ4n) is 2.96. The minimum absolute atomic E-state index is 0.0917. The summed E-state index contributed by atoms with van der Waals surface area (Å²) in [5.74, 6) is 0.882. The number of thioether (sulfide) groups is 1. The van der Waals surface area contributed by atoms with Gasteiger partial charge in [-0.05, 0) is 37.5 Å². The maximum atomic E-state index is 12.5. The van der Waals surface area contributed by atoms with Gasteiger partial charge in [0.05, 0.1) is 4.91 Å². The molecule has 0 bridgehead atoms. The third-order valence-corrected chi connectivity index (χ3v) is 6.47. The van der Waals surface area contributed by atoms with Gasteiger partial charge >= 0.3 is 0 Å². The van der Waals surface area contributed by atoms with E-state index in [1.165, 1.54) is 42.3 Å². The van der Waals surface area contributed by atoms with Crippen LogP contribution >= 0.6 is 35.3 Å². The van der Waals surface area contributed by atoms with Crippen LogP contribution in [0.15, 0.2) is 17.0 Å². The van der Waals surface area contributed by atoms with E-state index in [-0.39, 0.29) is 5.91 Å². The van der Waals surface area contributed by atoms with Gasteiger partial charge in [-0.2, -0.15) is 0 Å². The largest absolute Gasteiger partial charge is 0.293 e. The molecule has 0 atom stereocenters. The molecule has 1 amide bonds. The number of thiocarbonyl (C=S) groups is 1. The number of amides is 1. The highest BCUT2D eigenvalue weighted by molar-refractivity contribution is 8.26. The fourth-order valence-corrected chi connectivity index (χ4v) is 5.16. The predicted molar refractivity (Wildman–Crippen MR) is 95.5 cm³/mol. The van der Waals surface area contributed by atoms with E-state index in [0.29, 0.717) is 0 Å². The number of carbonyl (C=O) groups excluding carboxylic acids is 1. The number of aryl methyl sites for hydroxylation is 1. The normalized spacial score (nSPS) is 22.0. The van der Waals surface area contributed by atoms with Crippen molar-refractivity contribution in [3.63, 3.8) is 0 Å². The molecule has 1 aromatic rings.